The predicted octanol–water partition coefficient (Wildman–Crippen LogP) is 4.80. The van der Waals surface area contributed by atoms with Gasteiger partial charge in [0.15, 0.2) is 11.5 Å². The standard InChI is InChI=1S/C17H24N2O/c1-2-3-7-12-10-14(18)16-15(11-12)19-17(20-16)13-8-5-4-6-9-13/h10-11,13H,2-9,18H2,1H3. The Bertz CT molecular complexity index is 582. The third-order valence-electron chi connectivity index (χ3n) is 4.37. The van der Waals surface area contributed by atoms with E-state index in [0.717, 1.165) is 29.1 Å². The monoisotopic (exact) mass is 272 g/mol. The summed E-state index contributed by atoms with van der Waals surface area (Å²) >= 11 is 0. The van der Waals surface area contributed by atoms with Crippen molar-refractivity contribution in [2.24, 2.45) is 0 Å². The zero-order valence-corrected chi connectivity index (χ0v) is 12.3. The molecule has 0 saturated heterocycles. The van der Waals surface area contributed by atoms with Crippen LogP contribution in [-0.4, -0.2) is 4.98 Å². The highest BCUT2D eigenvalue weighted by Crippen LogP contribution is 2.35. The Hall–Kier alpha value is -1.51. The number of hydrogen-bond donors (Lipinski definition) is 1. The van der Waals surface area contributed by atoms with Crippen molar-refractivity contribution in [2.75, 3.05) is 5.73 Å². The van der Waals surface area contributed by atoms with E-state index in [2.05, 4.69) is 13.0 Å². The number of nitrogen functional groups attached to an aromatic ring is 1. The molecule has 1 heterocycles. The molecule has 3 heteroatoms. The summed E-state index contributed by atoms with van der Waals surface area (Å²) in [5.41, 5.74) is 9.88. The molecule has 1 aliphatic rings. The minimum atomic E-state index is 0.495. The van der Waals surface area contributed by atoms with Gasteiger partial charge in [0.1, 0.15) is 5.52 Å². The molecule has 0 aliphatic heterocycles. The van der Waals surface area contributed by atoms with E-state index in [-0.39, 0.29) is 0 Å². The molecular formula is C17H24N2O. The third kappa shape index (κ3) is 2.67. The maximum atomic E-state index is 6.14. The van der Waals surface area contributed by atoms with Gasteiger partial charge in [-0.1, -0.05) is 32.6 Å². The Morgan fingerprint density at radius 2 is 2.05 bits per heavy atom. The molecule has 0 amide bonds. The van der Waals surface area contributed by atoms with E-state index < -0.39 is 0 Å². The van der Waals surface area contributed by atoms with Gasteiger partial charge in [-0.2, -0.15) is 0 Å². The summed E-state index contributed by atoms with van der Waals surface area (Å²) in [5.74, 6) is 1.40. The van der Waals surface area contributed by atoms with Crippen LogP contribution in [0.25, 0.3) is 11.1 Å². The number of aromatic nitrogens is 1. The van der Waals surface area contributed by atoms with E-state index in [1.807, 2.05) is 6.07 Å². The maximum Gasteiger partial charge on any atom is 0.198 e. The molecule has 0 radical (unpaired) electrons. The van der Waals surface area contributed by atoms with Gasteiger partial charge >= 0.3 is 0 Å². The molecule has 1 aromatic carbocycles. The number of rotatable bonds is 4. The first kappa shape index (κ1) is 13.5. The van der Waals surface area contributed by atoms with Crippen LogP contribution < -0.4 is 5.73 Å². The lowest BCUT2D eigenvalue weighted by Gasteiger charge is -2.17. The van der Waals surface area contributed by atoms with Crippen molar-refractivity contribution in [2.45, 2.75) is 64.2 Å². The van der Waals surface area contributed by atoms with Crippen LogP contribution in [0.3, 0.4) is 0 Å². The number of aryl methyl sites for hydroxylation is 1. The average Bonchev–Trinajstić information content (AvgIpc) is 2.91. The van der Waals surface area contributed by atoms with Gasteiger partial charge < -0.3 is 10.2 Å². The number of unbranched alkanes of at least 4 members (excludes halogenated alkanes) is 1. The van der Waals surface area contributed by atoms with E-state index in [1.165, 1.54) is 50.5 Å². The smallest absolute Gasteiger partial charge is 0.198 e. The van der Waals surface area contributed by atoms with Crippen LogP contribution in [0.2, 0.25) is 0 Å². The van der Waals surface area contributed by atoms with Crippen LogP contribution in [0, 0.1) is 0 Å². The average molecular weight is 272 g/mol. The first-order chi connectivity index (χ1) is 9.78. The van der Waals surface area contributed by atoms with Crippen LogP contribution in [0.15, 0.2) is 16.5 Å². The van der Waals surface area contributed by atoms with E-state index in [0.29, 0.717) is 5.92 Å². The highest BCUT2D eigenvalue weighted by Gasteiger charge is 2.21. The fourth-order valence-corrected chi connectivity index (χ4v) is 3.19. The zero-order chi connectivity index (χ0) is 13.9. The van der Waals surface area contributed by atoms with Gasteiger partial charge in [-0.25, -0.2) is 4.98 Å². The van der Waals surface area contributed by atoms with Crippen LogP contribution in [0.4, 0.5) is 5.69 Å². The molecule has 0 unspecified atom stereocenters. The first-order valence-corrected chi connectivity index (χ1v) is 7.96. The van der Waals surface area contributed by atoms with Gasteiger partial charge in [0.25, 0.3) is 0 Å². The SMILES string of the molecule is CCCCc1cc(N)c2oc(C3CCCCC3)nc2c1. The molecule has 1 aromatic heterocycles. The van der Waals surface area contributed by atoms with Crippen LogP contribution in [-0.2, 0) is 6.42 Å². The molecule has 108 valence electrons. The fourth-order valence-electron chi connectivity index (χ4n) is 3.19. The number of nitrogens with zero attached hydrogens (tertiary/aromatic N) is 1. The van der Waals surface area contributed by atoms with Crippen molar-refractivity contribution in [3.8, 4) is 0 Å². The molecule has 1 fully saturated rings. The summed E-state index contributed by atoms with van der Waals surface area (Å²) in [5, 5.41) is 0. The second kappa shape index (κ2) is 5.86. The van der Waals surface area contributed by atoms with Crippen LogP contribution >= 0.6 is 0 Å². The first-order valence-electron chi connectivity index (χ1n) is 7.96. The number of benzene rings is 1. The highest BCUT2D eigenvalue weighted by atomic mass is 16.3. The number of nitrogens with two attached hydrogens (primary N) is 1. The number of oxazole rings is 1. The summed E-state index contributed by atoms with van der Waals surface area (Å²) in [6.45, 7) is 2.21. The number of anilines is 1. The molecule has 20 heavy (non-hydrogen) atoms. The van der Waals surface area contributed by atoms with E-state index >= 15 is 0 Å². The predicted molar refractivity (Wildman–Crippen MR) is 82.9 cm³/mol. The molecule has 2 N–H and O–H groups in total. The molecule has 0 bridgehead atoms. The number of hydrogen-bond acceptors (Lipinski definition) is 3. The lowest BCUT2D eigenvalue weighted by Crippen LogP contribution is -2.04. The quantitative estimate of drug-likeness (QED) is 0.813. The Kier molecular flexibility index (Phi) is 3.95. The fraction of sp³-hybridized carbons (Fsp3) is 0.588. The van der Waals surface area contributed by atoms with Crippen LogP contribution in [0.1, 0.15) is 69.2 Å². The van der Waals surface area contributed by atoms with Crippen molar-refractivity contribution < 1.29 is 4.42 Å². The van der Waals surface area contributed by atoms with Gasteiger partial charge in [-0.05, 0) is 43.4 Å². The van der Waals surface area contributed by atoms with Crippen molar-refractivity contribution >= 4 is 16.8 Å². The van der Waals surface area contributed by atoms with Crippen LogP contribution in [0.5, 0.6) is 0 Å². The largest absolute Gasteiger partial charge is 0.438 e. The summed E-state index contributed by atoms with van der Waals surface area (Å²) in [6.07, 6.45) is 9.80. The van der Waals surface area contributed by atoms with Gasteiger partial charge in [-0.3, -0.25) is 0 Å². The van der Waals surface area contributed by atoms with E-state index in [9.17, 15) is 0 Å². The zero-order valence-electron chi connectivity index (χ0n) is 12.3. The summed E-state index contributed by atoms with van der Waals surface area (Å²) < 4.78 is 5.96. The highest BCUT2D eigenvalue weighted by molar-refractivity contribution is 5.85. The van der Waals surface area contributed by atoms with Gasteiger partial charge in [0.2, 0.25) is 0 Å². The van der Waals surface area contributed by atoms with Gasteiger partial charge in [0, 0.05) is 5.92 Å². The second-order valence-corrected chi connectivity index (χ2v) is 6.02. The van der Waals surface area contributed by atoms with Gasteiger partial charge in [-0.15, -0.1) is 0 Å². The summed E-state index contributed by atoms with van der Waals surface area (Å²) in [7, 11) is 0. The lowest BCUT2D eigenvalue weighted by molar-refractivity contribution is 0.373. The Morgan fingerprint density at radius 1 is 1.25 bits per heavy atom. The molecule has 2 aromatic rings. The Morgan fingerprint density at radius 3 is 2.80 bits per heavy atom. The number of fused-ring (bicyclic) bond motifs is 1. The lowest BCUT2D eigenvalue weighted by atomic mass is 9.89. The molecule has 0 atom stereocenters. The summed E-state index contributed by atoms with van der Waals surface area (Å²) in [6, 6.07) is 4.20. The van der Waals surface area contributed by atoms with Crippen molar-refractivity contribution in [1.29, 1.82) is 0 Å². The van der Waals surface area contributed by atoms with E-state index in [1.54, 1.807) is 0 Å². The normalized spacial score (nSPS) is 16.9. The minimum Gasteiger partial charge on any atom is -0.438 e. The molecule has 1 aliphatic carbocycles. The van der Waals surface area contributed by atoms with E-state index in [4.69, 9.17) is 15.1 Å². The minimum absolute atomic E-state index is 0.495. The molecule has 0 spiro atoms. The van der Waals surface area contributed by atoms with Crippen molar-refractivity contribution in [3.05, 3.63) is 23.6 Å². The topological polar surface area (TPSA) is 52.0 Å². The maximum absolute atomic E-state index is 6.14. The molecule has 1 saturated carbocycles. The molecule has 3 nitrogen and oxygen atoms in total. The van der Waals surface area contributed by atoms with Crippen molar-refractivity contribution in [1.82, 2.24) is 4.98 Å². The summed E-state index contributed by atoms with van der Waals surface area (Å²) in [4.78, 5) is 4.72. The second-order valence-electron chi connectivity index (χ2n) is 6.02. The molecule has 3 rings (SSSR count). The Labute approximate surface area is 120 Å². The van der Waals surface area contributed by atoms with Gasteiger partial charge in [0.05, 0.1) is 5.69 Å². The van der Waals surface area contributed by atoms with Crippen molar-refractivity contribution in [3.63, 3.8) is 0 Å². The third-order valence-corrected chi connectivity index (χ3v) is 4.37. The molecular weight excluding hydrogens is 248 g/mol. The Balaban J connectivity index is 1.91.